The van der Waals surface area contributed by atoms with Crippen molar-refractivity contribution >= 4 is 24.2 Å². The van der Waals surface area contributed by atoms with Crippen LogP contribution in [0.3, 0.4) is 0 Å². The van der Waals surface area contributed by atoms with Gasteiger partial charge in [-0.15, -0.1) is 0 Å². The SMILES string of the molecule is CCC(C)[C@H](NC[C@@H](N)CS)C(=O)Nc1ccc(C)cc1C. The molecule has 1 amide bonds. The fraction of sp³-hybridized carbons (Fsp3) is 0.588. The molecule has 0 aliphatic heterocycles. The number of anilines is 1. The standard InChI is InChI=1S/C17H29N3OS/c1-5-12(3)16(19-9-14(18)10-22)17(21)20-15-7-6-11(2)8-13(15)4/h6-8,12,14,16,19,22H,5,9-10,18H2,1-4H3,(H,20,21)/t12?,14-,16+/m1/s1. The molecular weight excluding hydrogens is 294 g/mol. The topological polar surface area (TPSA) is 67.1 Å². The van der Waals surface area contributed by atoms with E-state index in [0.29, 0.717) is 12.3 Å². The molecule has 22 heavy (non-hydrogen) atoms. The second-order valence-corrected chi connectivity index (χ2v) is 6.39. The zero-order valence-electron chi connectivity index (χ0n) is 14.0. The Morgan fingerprint density at radius 1 is 1.36 bits per heavy atom. The highest BCUT2D eigenvalue weighted by molar-refractivity contribution is 7.80. The maximum absolute atomic E-state index is 12.6. The predicted molar refractivity (Wildman–Crippen MR) is 97.6 cm³/mol. The van der Waals surface area contributed by atoms with Gasteiger partial charge in [0.05, 0.1) is 6.04 Å². The van der Waals surface area contributed by atoms with E-state index in [1.165, 1.54) is 5.56 Å². The van der Waals surface area contributed by atoms with Gasteiger partial charge in [-0.25, -0.2) is 0 Å². The number of thiol groups is 1. The van der Waals surface area contributed by atoms with E-state index in [2.05, 4.69) is 43.2 Å². The first kappa shape index (κ1) is 19.0. The van der Waals surface area contributed by atoms with Crippen LogP contribution in [0.4, 0.5) is 5.69 Å². The van der Waals surface area contributed by atoms with Crippen molar-refractivity contribution in [3.8, 4) is 0 Å². The lowest BCUT2D eigenvalue weighted by molar-refractivity contribution is -0.119. The Hall–Kier alpha value is -1.04. The van der Waals surface area contributed by atoms with Gasteiger partial charge < -0.3 is 16.4 Å². The number of carbonyl (C=O) groups excluding carboxylic acids is 1. The van der Waals surface area contributed by atoms with Crippen LogP contribution < -0.4 is 16.4 Å². The zero-order valence-corrected chi connectivity index (χ0v) is 14.9. The van der Waals surface area contributed by atoms with Crippen LogP contribution in [0.15, 0.2) is 18.2 Å². The molecule has 0 bridgehead atoms. The van der Waals surface area contributed by atoms with Gasteiger partial charge in [0.15, 0.2) is 0 Å². The maximum atomic E-state index is 12.6. The highest BCUT2D eigenvalue weighted by Crippen LogP contribution is 2.18. The lowest BCUT2D eigenvalue weighted by atomic mass is 9.97. The second kappa shape index (κ2) is 9.18. The minimum atomic E-state index is -0.253. The molecular formula is C17H29N3OS. The highest BCUT2D eigenvalue weighted by atomic mass is 32.1. The number of rotatable bonds is 8. The molecule has 0 heterocycles. The van der Waals surface area contributed by atoms with Gasteiger partial charge in [0.25, 0.3) is 0 Å². The lowest BCUT2D eigenvalue weighted by Crippen LogP contribution is -2.49. The van der Waals surface area contributed by atoms with Crippen LogP contribution in [0.2, 0.25) is 0 Å². The van der Waals surface area contributed by atoms with Crippen molar-refractivity contribution in [3.05, 3.63) is 29.3 Å². The van der Waals surface area contributed by atoms with E-state index in [1.807, 2.05) is 26.0 Å². The summed E-state index contributed by atoms with van der Waals surface area (Å²) in [5.74, 6) is 0.823. The van der Waals surface area contributed by atoms with Crippen molar-refractivity contribution in [1.29, 1.82) is 0 Å². The molecule has 1 aromatic rings. The van der Waals surface area contributed by atoms with E-state index in [9.17, 15) is 4.79 Å². The van der Waals surface area contributed by atoms with Crippen LogP contribution >= 0.6 is 12.6 Å². The summed E-state index contributed by atoms with van der Waals surface area (Å²) in [5, 5.41) is 6.32. The number of nitrogens with one attached hydrogen (secondary N) is 2. The van der Waals surface area contributed by atoms with Crippen LogP contribution in [-0.4, -0.2) is 30.3 Å². The third-order valence-electron chi connectivity index (χ3n) is 3.97. The monoisotopic (exact) mass is 323 g/mol. The number of nitrogens with two attached hydrogens (primary N) is 1. The Morgan fingerprint density at radius 2 is 2.05 bits per heavy atom. The van der Waals surface area contributed by atoms with Gasteiger partial charge in [-0.05, 0) is 31.4 Å². The quantitative estimate of drug-likeness (QED) is 0.556. The third-order valence-corrected chi connectivity index (χ3v) is 4.44. The summed E-state index contributed by atoms with van der Waals surface area (Å²) in [5.41, 5.74) is 9.01. The average molecular weight is 324 g/mol. The molecule has 0 saturated carbocycles. The summed E-state index contributed by atoms with van der Waals surface area (Å²) < 4.78 is 0. The zero-order chi connectivity index (χ0) is 16.7. The number of benzene rings is 1. The van der Waals surface area contributed by atoms with E-state index in [1.54, 1.807) is 0 Å². The molecule has 0 saturated heterocycles. The predicted octanol–water partition coefficient (Wildman–Crippen LogP) is 2.50. The summed E-state index contributed by atoms with van der Waals surface area (Å²) in [4.78, 5) is 12.6. The van der Waals surface area contributed by atoms with Crippen LogP contribution in [0.25, 0.3) is 0 Å². The van der Waals surface area contributed by atoms with Crippen LogP contribution in [-0.2, 0) is 4.79 Å². The number of carbonyl (C=O) groups is 1. The third kappa shape index (κ3) is 5.63. The smallest absolute Gasteiger partial charge is 0.241 e. The number of amides is 1. The van der Waals surface area contributed by atoms with Crippen molar-refractivity contribution in [1.82, 2.24) is 5.32 Å². The Balaban J connectivity index is 2.78. The largest absolute Gasteiger partial charge is 0.326 e. The molecule has 1 unspecified atom stereocenters. The van der Waals surface area contributed by atoms with Gasteiger partial charge >= 0.3 is 0 Å². The van der Waals surface area contributed by atoms with Crippen molar-refractivity contribution in [2.24, 2.45) is 11.7 Å². The Bertz CT molecular complexity index is 493. The molecule has 0 radical (unpaired) electrons. The van der Waals surface area contributed by atoms with E-state index in [-0.39, 0.29) is 23.9 Å². The molecule has 4 nitrogen and oxygen atoms in total. The van der Waals surface area contributed by atoms with E-state index >= 15 is 0 Å². The summed E-state index contributed by atoms with van der Waals surface area (Å²) in [6, 6.07) is 5.72. The highest BCUT2D eigenvalue weighted by Gasteiger charge is 2.24. The molecule has 0 aromatic heterocycles. The first-order valence-corrected chi connectivity index (χ1v) is 8.50. The van der Waals surface area contributed by atoms with Gasteiger partial charge in [0.2, 0.25) is 5.91 Å². The minimum absolute atomic E-state index is 0.00679. The van der Waals surface area contributed by atoms with Crippen LogP contribution in [0.1, 0.15) is 31.4 Å². The molecule has 0 spiro atoms. The normalized spacial score (nSPS) is 15.2. The average Bonchev–Trinajstić information content (AvgIpc) is 2.49. The van der Waals surface area contributed by atoms with Gasteiger partial charge in [0.1, 0.15) is 0 Å². The van der Waals surface area contributed by atoms with Crippen molar-refractivity contribution in [2.45, 2.75) is 46.2 Å². The molecule has 1 aromatic carbocycles. The first-order chi connectivity index (χ1) is 10.4. The van der Waals surface area contributed by atoms with E-state index in [0.717, 1.165) is 17.7 Å². The number of aryl methyl sites for hydroxylation is 2. The Morgan fingerprint density at radius 3 is 2.59 bits per heavy atom. The number of hydrogen-bond acceptors (Lipinski definition) is 4. The summed E-state index contributed by atoms with van der Waals surface area (Å²) in [7, 11) is 0. The fourth-order valence-corrected chi connectivity index (χ4v) is 2.42. The molecule has 124 valence electrons. The van der Waals surface area contributed by atoms with Crippen molar-refractivity contribution in [3.63, 3.8) is 0 Å². The van der Waals surface area contributed by atoms with Gasteiger partial charge in [-0.2, -0.15) is 12.6 Å². The first-order valence-electron chi connectivity index (χ1n) is 7.87. The molecule has 4 N–H and O–H groups in total. The Labute approximate surface area is 139 Å². The van der Waals surface area contributed by atoms with Crippen molar-refractivity contribution < 1.29 is 4.79 Å². The van der Waals surface area contributed by atoms with E-state index < -0.39 is 0 Å². The van der Waals surface area contributed by atoms with Crippen LogP contribution in [0.5, 0.6) is 0 Å². The lowest BCUT2D eigenvalue weighted by Gasteiger charge is -2.25. The molecule has 0 aliphatic carbocycles. The van der Waals surface area contributed by atoms with Crippen LogP contribution in [0, 0.1) is 19.8 Å². The second-order valence-electron chi connectivity index (χ2n) is 6.02. The molecule has 0 fully saturated rings. The van der Waals surface area contributed by atoms with Gasteiger partial charge in [0, 0.05) is 24.0 Å². The van der Waals surface area contributed by atoms with Gasteiger partial charge in [-0.1, -0.05) is 38.0 Å². The minimum Gasteiger partial charge on any atom is -0.326 e. The summed E-state index contributed by atoms with van der Waals surface area (Å²) in [6.45, 7) is 8.79. The fourth-order valence-electron chi connectivity index (χ4n) is 2.30. The Kier molecular flexibility index (Phi) is 7.93. The molecule has 0 aliphatic rings. The number of hydrogen-bond donors (Lipinski definition) is 4. The van der Waals surface area contributed by atoms with Crippen molar-refractivity contribution in [2.75, 3.05) is 17.6 Å². The summed E-state index contributed by atoms with van der Waals surface area (Å²) >= 11 is 4.18. The molecule has 3 atom stereocenters. The van der Waals surface area contributed by atoms with E-state index in [4.69, 9.17) is 5.73 Å². The molecule has 5 heteroatoms. The van der Waals surface area contributed by atoms with Gasteiger partial charge in [-0.3, -0.25) is 4.79 Å². The molecule has 1 rings (SSSR count). The summed E-state index contributed by atoms with van der Waals surface area (Å²) in [6.07, 6.45) is 0.925. The maximum Gasteiger partial charge on any atom is 0.241 e.